The van der Waals surface area contributed by atoms with Crippen molar-refractivity contribution in [3.63, 3.8) is 0 Å². The molecular formula is C24H21NO5. The molecule has 30 heavy (non-hydrogen) atoms. The Balaban J connectivity index is 1.93. The predicted octanol–water partition coefficient (Wildman–Crippen LogP) is 4.69. The highest BCUT2D eigenvalue weighted by atomic mass is 16.5. The molecule has 2 aromatic carbocycles. The quantitative estimate of drug-likeness (QED) is 0.625. The molecule has 0 fully saturated rings. The first-order chi connectivity index (χ1) is 14.4. The second kappa shape index (κ2) is 7.55. The van der Waals surface area contributed by atoms with Crippen molar-refractivity contribution in [3.8, 4) is 5.75 Å². The van der Waals surface area contributed by atoms with Crippen molar-refractivity contribution in [2.24, 2.45) is 0 Å². The van der Waals surface area contributed by atoms with Crippen LogP contribution < -0.4 is 9.64 Å². The summed E-state index contributed by atoms with van der Waals surface area (Å²) in [4.78, 5) is 27.9. The van der Waals surface area contributed by atoms with Crippen LogP contribution in [-0.2, 0) is 4.79 Å². The van der Waals surface area contributed by atoms with E-state index in [2.05, 4.69) is 0 Å². The average molecular weight is 403 g/mol. The largest absolute Gasteiger partial charge is 0.503 e. The molecule has 1 aliphatic heterocycles. The first-order valence-electron chi connectivity index (χ1n) is 9.48. The van der Waals surface area contributed by atoms with Gasteiger partial charge in [-0.05, 0) is 60.9 Å². The topological polar surface area (TPSA) is 80.0 Å². The Labute approximate surface area is 174 Å². The molecular weight excluding hydrogens is 382 g/mol. The lowest BCUT2D eigenvalue weighted by Gasteiger charge is -2.28. The summed E-state index contributed by atoms with van der Waals surface area (Å²) in [6.45, 7) is 3.81. The van der Waals surface area contributed by atoms with Crippen LogP contribution in [0.25, 0.3) is 0 Å². The first-order valence-corrected chi connectivity index (χ1v) is 9.48. The van der Waals surface area contributed by atoms with E-state index >= 15 is 0 Å². The van der Waals surface area contributed by atoms with E-state index in [1.165, 1.54) is 17.2 Å². The molecule has 6 nitrogen and oxygen atoms in total. The normalized spacial score (nSPS) is 16.3. The number of Topliss-reactive ketones (excluding diaryl/α,β-unsaturated/α-hetero) is 1. The number of aryl methyl sites for hydroxylation is 2. The molecule has 1 aliphatic rings. The van der Waals surface area contributed by atoms with Crippen molar-refractivity contribution < 1.29 is 23.8 Å². The number of hydrogen-bond acceptors (Lipinski definition) is 5. The number of benzene rings is 2. The molecule has 1 amide bonds. The summed E-state index contributed by atoms with van der Waals surface area (Å²) in [7, 11) is 1.55. The molecule has 1 N–H and O–H groups in total. The SMILES string of the molecule is COc1cccc(C2C(C(=O)c3ccco3)=C(O)C(=O)N2c2cc(C)ccc2C)c1. The summed E-state index contributed by atoms with van der Waals surface area (Å²) >= 11 is 0. The molecule has 0 bridgehead atoms. The average Bonchev–Trinajstić information content (AvgIpc) is 3.37. The third-order valence-corrected chi connectivity index (χ3v) is 5.23. The maximum atomic E-state index is 13.2. The van der Waals surface area contributed by atoms with Gasteiger partial charge in [0.15, 0.2) is 11.5 Å². The molecule has 1 aromatic heterocycles. The maximum Gasteiger partial charge on any atom is 0.294 e. The molecule has 4 rings (SSSR count). The molecule has 152 valence electrons. The minimum Gasteiger partial charge on any atom is -0.503 e. The zero-order valence-corrected chi connectivity index (χ0v) is 16.9. The molecule has 0 aliphatic carbocycles. The van der Waals surface area contributed by atoms with Gasteiger partial charge in [0.05, 0.1) is 25.0 Å². The van der Waals surface area contributed by atoms with Crippen molar-refractivity contribution in [3.05, 3.63) is 94.6 Å². The number of aliphatic hydroxyl groups is 1. The van der Waals surface area contributed by atoms with Gasteiger partial charge in [0.25, 0.3) is 5.91 Å². The van der Waals surface area contributed by atoms with Gasteiger partial charge in [-0.15, -0.1) is 0 Å². The molecule has 6 heteroatoms. The molecule has 3 aromatic rings. The Morgan fingerprint density at radius 2 is 1.90 bits per heavy atom. The maximum absolute atomic E-state index is 13.2. The smallest absolute Gasteiger partial charge is 0.294 e. The number of hydrogen-bond donors (Lipinski definition) is 1. The fourth-order valence-corrected chi connectivity index (χ4v) is 3.73. The summed E-state index contributed by atoms with van der Waals surface area (Å²) in [5.41, 5.74) is 3.05. The van der Waals surface area contributed by atoms with Crippen LogP contribution in [0.3, 0.4) is 0 Å². The highest BCUT2D eigenvalue weighted by Crippen LogP contribution is 2.43. The highest BCUT2D eigenvalue weighted by molar-refractivity contribution is 6.20. The van der Waals surface area contributed by atoms with Crippen LogP contribution in [-0.4, -0.2) is 23.9 Å². The Kier molecular flexibility index (Phi) is 4.91. The Bertz CT molecular complexity index is 1160. The number of ketones is 1. The van der Waals surface area contributed by atoms with Crippen LogP contribution in [0, 0.1) is 13.8 Å². The summed E-state index contributed by atoms with van der Waals surface area (Å²) in [6, 6.07) is 15.1. The second-order valence-electron chi connectivity index (χ2n) is 7.21. The van der Waals surface area contributed by atoms with Gasteiger partial charge in [0.1, 0.15) is 5.75 Å². The molecule has 1 atom stereocenters. The molecule has 2 heterocycles. The number of anilines is 1. The fourth-order valence-electron chi connectivity index (χ4n) is 3.73. The standard InChI is InChI=1S/C24H21NO5/c1-14-9-10-15(2)18(12-14)25-21(16-6-4-7-17(13-16)29-3)20(23(27)24(25)28)22(26)19-8-5-11-30-19/h4-13,21,27H,1-3H3. The summed E-state index contributed by atoms with van der Waals surface area (Å²) in [5, 5.41) is 10.8. The predicted molar refractivity (Wildman–Crippen MR) is 112 cm³/mol. The Morgan fingerprint density at radius 1 is 1.10 bits per heavy atom. The number of rotatable bonds is 5. The van der Waals surface area contributed by atoms with Crippen molar-refractivity contribution in [2.45, 2.75) is 19.9 Å². The minimum atomic E-state index is -0.828. The van der Waals surface area contributed by atoms with Crippen molar-refractivity contribution >= 4 is 17.4 Å². The Morgan fingerprint density at radius 3 is 2.60 bits per heavy atom. The number of ether oxygens (including phenoxy) is 1. The van der Waals surface area contributed by atoms with Gasteiger partial charge >= 0.3 is 0 Å². The van der Waals surface area contributed by atoms with Crippen molar-refractivity contribution in [1.29, 1.82) is 0 Å². The van der Waals surface area contributed by atoms with Crippen LogP contribution in [0.1, 0.15) is 33.3 Å². The molecule has 0 radical (unpaired) electrons. The first kappa shape index (κ1) is 19.5. The molecule has 0 saturated heterocycles. The number of nitrogens with zero attached hydrogens (tertiary/aromatic N) is 1. The van der Waals surface area contributed by atoms with Gasteiger partial charge < -0.3 is 14.3 Å². The van der Waals surface area contributed by atoms with Gasteiger partial charge in [0, 0.05) is 5.69 Å². The van der Waals surface area contributed by atoms with Crippen molar-refractivity contribution in [2.75, 3.05) is 12.0 Å². The summed E-state index contributed by atoms with van der Waals surface area (Å²) in [6.07, 6.45) is 1.38. The van der Waals surface area contributed by atoms with E-state index in [0.29, 0.717) is 17.0 Å². The lowest BCUT2D eigenvalue weighted by Crippen LogP contribution is -2.31. The van der Waals surface area contributed by atoms with E-state index in [-0.39, 0.29) is 11.3 Å². The molecule has 1 unspecified atom stereocenters. The van der Waals surface area contributed by atoms with E-state index in [9.17, 15) is 14.7 Å². The van der Waals surface area contributed by atoms with E-state index in [1.807, 2.05) is 32.0 Å². The summed E-state index contributed by atoms with van der Waals surface area (Å²) in [5.74, 6) is -1.11. The van der Waals surface area contributed by atoms with Gasteiger partial charge in [-0.1, -0.05) is 24.3 Å². The van der Waals surface area contributed by atoms with Crippen molar-refractivity contribution in [1.82, 2.24) is 0 Å². The zero-order valence-electron chi connectivity index (χ0n) is 16.9. The second-order valence-corrected chi connectivity index (χ2v) is 7.21. The van der Waals surface area contributed by atoms with Gasteiger partial charge in [-0.3, -0.25) is 14.5 Å². The lowest BCUT2D eigenvalue weighted by molar-refractivity contribution is -0.117. The van der Waals surface area contributed by atoms with Gasteiger partial charge in [0.2, 0.25) is 5.78 Å². The number of methoxy groups -OCH3 is 1. The van der Waals surface area contributed by atoms with Gasteiger partial charge in [-0.2, -0.15) is 0 Å². The third kappa shape index (κ3) is 3.16. The van der Waals surface area contributed by atoms with Gasteiger partial charge in [-0.25, -0.2) is 0 Å². The van der Waals surface area contributed by atoms with E-state index in [4.69, 9.17) is 9.15 Å². The number of aliphatic hydroxyl groups excluding tert-OH is 1. The minimum absolute atomic E-state index is 0.0240. The molecule has 0 saturated carbocycles. The van der Waals surface area contributed by atoms with E-state index in [1.54, 1.807) is 37.4 Å². The van der Waals surface area contributed by atoms with Crippen LogP contribution in [0.5, 0.6) is 5.75 Å². The van der Waals surface area contributed by atoms with E-state index < -0.39 is 23.5 Å². The number of furan rings is 1. The zero-order chi connectivity index (χ0) is 21.4. The van der Waals surface area contributed by atoms with Crippen LogP contribution in [0.4, 0.5) is 5.69 Å². The number of carbonyl (C=O) groups is 2. The highest BCUT2D eigenvalue weighted by Gasteiger charge is 2.45. The third-order valence-electron chi connectivity index (χ3n) is 5.23. The fraction of sp³-hybridized carbons (Fsp3) is 0.167. The summed E-state index contributed by atoms with van der Waals surface area (Å²) < 4.78 is 10.6. The van der Waals surface area contributed by atoms with E-state index in [0.717, 1.165) is 11.1 Å². The lowest BCUT2D eigenvalue weighted by atomic mass is 9.94. The Hall–Kier alpha value is -3.80. The number of amides is 1. The monoisotopic (exact) mass is 403 g/mol. The number of carbonyl (C=O) groups excluding carboxylic acids is 2. The van der Waals surface area contributed by atoms with Crippen LogP contribution in [0.2, 0.25) is 0 Å². The van der Waals surface area contributed by atoms with Crippen LogP contribution >= 0.6 is 0 Å². The molecule has 0 spiro atoms. The van der Waals surface area contributed by atoms with Crippen LogP contribution in [0.15, 0.2) is 76.6 Å².